The topological polar surface area (TPSA) is 137 Å². The third-order valence-corrected chi connectivity index (χ3v) is 7.29. The monoisotopic (exact) mass is 457 g/mol. The number of nitrogens with one attached hydrogen (secondary N) is 1. The van der Waals surface area contributed by atoms with Crippen LogP contribution in [0.3, 0.4) is 0 Å². The van der Waals surface area contributed by atoms with E-state index in [1.807, 2.05) is 6.07 Å². The summed E-state index contributed by atoms with van der Waals surface area (Å²) in [7, 11) is -1.56. The van der Waals surface area contributed by atoms with Crippen molar-refractivity contribution in [3.63, 3.8) is 0 Å². The summed E-state index contributed by atoms with van der Waals surface area (Å²) in [6, 6.07) is 7.56. The molecule has 3 N–H and O–H groups in total. The van der Waals surface area contributed by atoms with E-state index in [1.165, 1.54) is 35.7 Å². The molecule has 0 saturated heterocycles. The smallest absolute Gasteiger partial charge is 0.274 e. The minimum absolute atomic E-state index is 0.0906. The molecular formula is C21H24FN7O2S. The van der Waals surface area contributed by atoms with Crippen LogP contribution in [0.4, 0.5) is 10.1 Å². The molecule has 1 atom stereocenters. The summed E-state index contributed by atoms with van der Waals surface area (Å²) >= 11 is 0. The molecule has 3 rings (SSSR count). The molecule has 0 saturated carbocycles. The fourth-order valence-electron chi connectivity index (χ4n) is 3.31. The molecule has 2 heterocycles. The number of nitrogens with two attached hydrogens (primary N) is 1. The van der Waals surface area contributed by atoms with Gasteiger partial charge in [-0.2, -0.15) is 5.26 Å². The molecule has 0 fully saturated rings. The lowest BCUT2D eigenvalue weighted by atomic mass is 10.1. The normalized spacial score (nSPS) is 18.9. The van der Waals surface area contributed by atoms with Crippen LogP contribution in [0.25, 0.3) is 0 Å². The minimum atomic E-state index is -3.06. The van der Waals surface area contributed by atoms with Gasteiger partial charge in [0.25, 0.3) is 5.91 Å². The van der Waals surface area contributed by atoms with Gasteiger partial charge in [-0.1, -0.05) is 0 Å². The predicted molar refractivity (Wildman–Crippen MR) is 121 cm³/mol. The van der Waals surface area contributed by atoms with Crippen LogP contribution < -0.4 is 11.1 Å². The van der Waals surface area contributed by atoms with E-state index in [-0.39, 0.29) is 23.0 Å². The van der Waals surface area contributed by atoms with Crippen molar-refractivity contribution in [2.45, 2.75) is 25.5 Å². The summed E-state index contributed by atoms with van der Waals surface area (Å²) < 4.78 is 34.0. The SMILES string of the molecule is C/N=C(/N)N1CCCCN=S1(=O)Cc1cc(NC(=O)c2ncc(C#N)cc2C)ccc1F. The van der Waals surface area contributed by atoms with Crippen molar-refractivity contribution in [3.8, 4) is 6.07 Å². The highest BCUT2D eigenvalue weighted by molar-refractivity contribution is 7.91. The highest BCUT2D eigenvalue weighted by Gasteiger charge is 2.26. The van der Waals surface area contributed by atoms with Crippen LogP contribution in [0.5, 0.6) is 0 Å². The Hall–Kier alpha value is -3.52. The Labute approximate surface area is 186 Å². The van der Waals surface area contributed by atoms with E-state index in [0.29, 0.717) is 29.9 Å². The van der Waals surface area contributed by atoms with Crippen LogP contribution in [0.2, 0.25) is 0 Å². The van der Waals surface area contributed by atoms with Gasteiger partial charge in [-0.3, -0.25) is 14.1 Å². The molecule has 0 spiro atoms. The van der Waals surface area contributed by atoms with E-state index in [2.05, 4.69) is 19.7 Å². The zero-order valence-corrected chi connectivity index (χ0v) is 18.7. The molecule has 1 aliphatic rings. The quantitative estimate of drug-likeness (QED) is 0.537. The summed E-state index contributed by atoms with van der Waals surface area (Å²) in [6.45, 7) is 2.46. The number of halogens is 1. The summed E-state index contributed by atoms with van der Waals surface area (Å²) in [4.78, 5) is 20.6. The van der Waals surface area contributed by atoms with Crippen molar-refractivity contribution < 1.29 is 13.4 Å². The molecule has 1 amide bonds. The maximum absolute atomic E-state index is 14.6. The maximum atomic E-state index is 14.6. The summed E-state index contributed by atoms with van der Waals surface area (Å²) in [5.74, 6) is -1.18. The molecule has 0 bridgehead atoms. The first-order chi connectivity index (χ1) is 15.3. The maximum Gasteiger partial charge on any atom is 0.274 e. The van der Waals surface area contributed by atoms with Gasteiger partial charge in [0, 0.05) is 31.0 Å². The number of nitrogens with zero attached hydrogens (tertiary/aromatic N) is 5. The van der Waals surface area contributed by atoms with E-state index in [1.54, 1.807) is 13.0 Å². The highest BCUT2D eigenvalue weighted by atomic mass is 32.2. The van der Waals surface area contributed by atoms with Crippen molar-refractivity contribution in [2.24, 2.45) is 15.1 Å². The van der Waals surface area contributed by atoms with Crippen LogP contribution in [-0.2, 0) is 15.7 Å². The number of guanidine groups is 1. The first kappa shape index (κ1) is 23.1. The van der Waals surface area contributed by atoms with E-state index in [0.717, 1.165) is 12.8 Å². The van der Waals surface area contributed by atoms with Crippen LogP contribution in [-0.4, -0.2) is 45.5 Å². The van der Waals surface area contributed by atoms with E-state index < -0.39 is 21.6 Å². The fourth-order valence-corrected chi connectivity index (χ4v) is 5.53. The van der Waals surface area contributed by atoms with Gasteiger partial charge in [0.1, 0.15) is 27.5 Å². The number of hydrogen-bond acceptors (Lipinski definition) is 6. The standard InChI is InChI=1S/C21H24FN7O2S/c1-14-9-15(11-23)12-26-19(14)20(30)28-17-5-6-18(22)16(10-17)13-32(31)27-7-3-4-8-29(32)21(24)25-2/h5-6,9-10,12H,3-4,7-8,13H2,1-2H3,(H2,24,25)(H,28,30). The van der Waals surface area contributed by atoms with E-state index in [9.17, 15) is 13.4 Å². The second kappa shape index (κ2) is 9.74. The molecule has 168 valence electrons. The number of anilines is 1. The average molecular weight is 458 g/mol. The summed E-state index contributed by atoms with van der Waals surface area (Å²) in [5.41, 5.74) is 7.42. The van der Waals surface area contributed by atoms with Crippen LogP contribution in [0.15, 0.2) is 39.8 Å². The van der Waals surface area contributed by atoms with Gasteiger partial charge in [0.05, 0.1) is 17.9 Å². The number of hydrogen-bond donors (Lipinski definition) is 2. The predicted octanol–water partition coefficient (Wildman–Crippen LogP) is 2.58. The van der Waals surface area contributed by atoms with Crippen LogP contribution >= 0.6 is 0 Å². The molecule has 0 aliphatic carbocycles. The Morgan fingerprint density at radius 3 is 2.88 bits per heavy atom. The van der Waals surface area contributed by atoms with Gasteiger partial charge in [-0.15, -0.1) is 0 Å². The lowest BCUT2D eigenvalue weighted by Crippen LogP contribution is -2.42. The van der Waals surface area contributed by atoms with Crippen LogP contribution in [0, 0.1) is 24.1 Å². The first-order valence-corrected chi connectivity index (χ1v) is 11.6. The van der Waals surface area contributed by atoms with E-state index >= 15 is 0 Å². The van der Waals surface area contributed by atoms with Gasteiger partial charge >= 0.3 is 0 Å². The van der Waals surface area contributed by atoms with Crippen molar-refractivity contribution >= 4 is 27.5 Å². The molecule has 11 heteroatoms. The molecule has 1 aliphatic heterocycles. The van der Waals surface area contributed by atoms with Crippen LogP contribution in [0.1, 0.15) is 40.0 Å². The first-order valence-electron chi connectivity index (χ1n) is 9.94. The number of amides is 1. The zero-order valence-electron chi connectivity index (χ0n) is 17.8. The van der Waals surface area contributed by atoms with E-state index in [4.69, 9.17) is 11.0 Å². The lowest BCUT2D eigenvalue weighted by molar-refractivity contribution is 0.102. The van der Waals surface area contributed by atoms with Crippen molar-refractivity contribution in [3.05, 3.63) is 58.7 Å². The second-order valence-corrected chi connectivity index (χ2v) is 9.46. The molecule has 9 nitrogen and oxygen atoms in total. The Balaban J connectivity index is 1.89. The molecule has 1 aromatic heterocycles. The van der Waals surface area contributed by atoms with Gasteiger partial charge in [0.2, 0.25) is 5.96 Å². The second-order valence-electron chi connectivity index (χ2n) is 7.26. The largest absolute Gasteiger partial charge is 0.369 e. The molecular weight excluding hydrogens is 433 g/mol. The van der Waals surface area contributed by atoms with Crippen molar-refractivity contribution in [1.29, 1.82) is 5.26 Å². The van der Waals surface area contributed by atoms with Gasteiger partial charge in [0.15, 0.2) is 0 Å². The number of pyridine rings is 1. The lowest BCUT2D eigenvalue weighted by Gasteiger charge is -2.25. The number of rotatable bonds is 4. The Morgan fingerprint density at radius 1 is 1.41 bits per heavy atom. The minimum Gasteiger partial charge on any atom is -0.369 e. The number of aryl methyl sites for hydroxylation is 1. The Kier molecular flexibility index (Phi) is 7.05. The average Bonchev–Trinajstić information content (AvgIpc) is 2.96. The number of aromatic nitrogens is 1. The number of benzene rings is 1. The summed E-state index contributed by atoms with van der Waals surface area (Å²) in [6.07, 6.45) is 2.80. The zero-order chi connectivity index (χ0) is 23.3. The number of carbonyl (C=O) groups is 1. The molecule has 2 aromatic rings. The number of aliphatic imine (C=N–C) groups is 1. The molecule has 1 unspecified atom stereocenters. The third kappa shape index (κ3) is 5.03. The highest BCUT2D eigenvalue weighted by Crippen LogP contribution is 2.23. The van der Waals surface area contributed by atoms with Crippen molar-refractivity contribution in [2.75, 3.05) is 25.5 Å². The molecule has 1 aromatic carbocycles. The molecule has 0 radical (unpaired) electrons. The third-order valence-electron chi connectivity index (χ3n) is 4.96. The molecule has 32 heavy (non-hydrogen) atoms. The Morgan fingerprint density at radius 2 is 2.19 bits per heavy atom. The van der Waals surface area contributed by atoms with Gasteiger partial charge in [-0.05, 0) is 49.6 Å². The fraction of sp³-hybridized carbons (Fsp3) is 0.333. The summed E-state index contributed by atoms with van der Waals surface area (Å²) in [5, 5.41) is 11.6. The van der Waals surface area contributed by atoms with Gasteiger partial charge < -0.3 is 11.1 Å². The van der Waals surface area contributed by atoms with Gasteiger partial charge in [-0.25, -0.2) is 17.9 Å². The number of nitriles is 1. The number of carbonyl (C=O) groups excluding carboxylic acids is 1. The van der Waals surface area contributed by atoms with Crippen molar-refractivity contribution in [1.82, 2.24) is 9.29 Å². The Bertz CT molecular complexity index is 1230.